The molecule has 138 valence electrons. The van der Waals surface area contributed by atoms with Crippen LogP contribution in [0.5, 0.6) is 5.75 Å². The number of ether oxygens (including phenoxy) is 1. The minimum Gasteiger partial charge on any atom is -0.496 e. The molecule has 7 heteroatoms. The van der Waals surface area contributed by atoms with Crippen LogP contribution in [-0.2, 0) is 4.79 Å². The van der Waals surface area contributed by atoms with E-state index in [1.54, 1.807) is 28.7 Å². The van der Waals surface area contributed by atoms with Crippen molar-refractivity contribution in [2.75, 3.05) is 20.2 Å². The van der Waals surface area contributed by atoms with Crippen molar-refractivity contribution in [2.24, 2.45) is 5.92 Å². The number of methoxy groups -OCH3 is 1. The van der Waals surface area contributed by atoms with E-state index < -0.39 is 11.9 Å². The summed E-state index contributed by atoms with van der Waals surface area (Å²) >= 11 is 0. The molecule has 1 aromatic carbocycles. The quantitative estimate of drug-likeness (QED) is 0.767. The molecule has 4 rings (SSSR count). The molecule has 1 amide bonds. The summed E-state index contributed by atoms with van der Waals surface area (Å²) < 4.78 is 7.17. The number of rotatable bonds is 4. The van der Waals surface area contributed by atoms with Gasteiger partial charge >= 0.3 is 5.97 Å². The van der Waals surface area contributed by atoms with Crippen LogP contribution in [0.1, 0.15) is 22.0 Å². The second kappa shape index (κ2) is 6.75. The third kappa shape index (κ3) is 3.01. The minimum absolute atomic E-state index is 0.144. The van der Waals surface area contributed by atoms with Crippen molar-refractivity contribution in [3.63, 3.8) is 0 Å². The van der Waals surface area contributed by atoms with Crippen LogP contribution in [-0.4, -0.2) is 51.5 Å². The van der Waals surface area contributed by atoms with Gasteiger partial charge in [-0.15, -0.1) is 0 Å². The van der Waals surface area contributed by atoms with E-state index in [-0.39, 0.29) is 18.4 Å². The molecule has 0 radical (unpaired) electrons. The number of fused-ring (bicyclic) bond motifs is 1. The number of carbonyl (C=O) groups is 2. The van der Waals surface area contributed by atoms with Crippen molar-refractivity contribution >= 4 is 17.5 Å². The molecule has 1 aliphatic heterocycles. The van der Waals surface area contributed by atoms with Gasteiger partial charge in [-0.25, -0.2) is 4.98 Å². The number of pyridine rings is 1. The van der Waals surface area contributed by atoms with Crippen molar-refractivity contribution in [2.45, 2.75) is 5.92 Å². The molecule has 3 aromatic rings. The summed E-state index contributed by atoms with van der Waals surface area (Å²) in [5, 5.41) is 9.69. The second-order valence-corrected chi connectivity index (χ2v) is 6.60. The smallest absolute Gasteiger partial charge is 0.308 e. The molecule has 27 heavy (non-hydrogen) atoms. The highest BCUT2D eigenvalue weighted by Gasteiger charge is 2.42. The van der Waals surface area contributed by atoms with Gasteiger partial charge in [0, 0.05) is 31.4 Å². The first-order valence-electron chi connectivity index (χ1n) is 8.67. The summed E-state index contributed by atoms with van der Waals surface area (Å²) in [6.45, 7) is 0.453. The largest absolute Gasteiger partial charge is 0.496 e. The fourth-order valence-electron chi connectivity index (χ4n) is 3.71. The van der Waals surface area contributed by atoms with Gasteiger partial charge in [-0.1, -0.05) is 24.3 Å². The van der Waals surface area contributed by atoms with Gasteiger partial charge in [-0.2, -0.15) is 0 Å². The lowest BCUT2D eigenvalue weighted by molar-refractivity contribution is -0.141. The molecule has 1 N–H and O–H groups in total. The molecule has 1 fully saturated rings. The Morgan fingerprint density at radius 2 is 1.93 bits per heavy atom. The first-order chi connectivity index (χ1) is 13.1. The second-order valence-electron chi connectivity index (χ2n) is 6.60. The Hall–Kier alpha value is -3.35. The van der Waals surface area contributed by atoms with Crippen LogP contribution in [0.2, 0.25) is 0 Å². The Kier molecular flexibility index (Phi) is 4.27. The molecule has 3 heterocycles. The maximum Gasteiger partial charge on any atom is 0.308 e. The van der Waals surface area contributed by atoms with Gasteiger partial charge in [0.1, 0.15) is 17.1 Å². The number of amides is 1. The van der Waals surface area contributed by atoms with Crippen LogP contribution < -0.4 is 4.74 Å². The summed E-state index contributed by atoms with van der Waals surface area (Å²) in [4.78, 5) is 30.7. The lowest BCUT2D eigenvalue weighted by atomic mass is 9.88. The molecule has 0 aliphatic carbocycles. The highest BCUT2D eigenvalue weighted by atomic mass is 16.5. The summed E-state index contributed by atoms with van der Waals surface area (Å²) in [6.07, 6.45) is 3.49. The highest BCUT2D eigenvalue weighted by molar-refractivity contribution is 5.93. The predicted molar refractivity (Wildman–Crippen MR) is 98.0 cm³/mol. The van der Waals surface area contributed by atoms with Crippen molar-refractivity contribution in [3.8, 4) is 5.75 Å². The fraction of sp³-hybridized carbons (Fsp3) is 0.250. The zero-order valence-electron chi connectivity index (χ0n) is 14.8. The van der Waals surface area contributed by atoms with Crippen molar-refractivity contribution in [3.05, 3.63) is 66.1 Å². The van der Waals surface area contributed by atoms with E-state index in [0.29, 0.717) is 23.6 Å². The van der Waals surface area contributed by atoms with Gasteiger partial charge in [-0.05, 0) is 23.8 Å². The number of carbonyl (C=O) groups excluding carboxylic acids is 1. The number of carboxylic acid groups (broad SMARTS) is 1. The molecule has 1 aliphatic rings. The first-order valence-corrected chi connectivity index (χ1v) is 8.67. The van der Waals surface area contributed by atoms with E-state index in [1.165, 1.54) is 0 Å². The Morgan fingerprint density at radius 3 is 2.67 bits per heavy atom. The number of hydrogen-bond donors (Lipinski definition) is 1. The van der Waals surface area contributed by atoms with Crippen LogP contribution in [0.25, 0.3) is 5.65 Å². The Balaban J connectivity index is 1.65. The lowest BCUT2D eigenvalue weighted by Crippen LogP contribution is -2.30. The summed E-state index contributed by atoms with van der Waals surface area (Å²) in [7, 11) is 1.56. The van der Waals surface area contributed by atoms with Gasteiger partial charge in [-0.3, -0.25) is 9.59 Å². The standard InChI is InChI=1S/C20H19N3O4/c1-27-17-7-3-2-6-13(17)14-10-23(11-15(14)20(25)26)19(24)16-12-22-9-5-4-8-18(22)21-16/h2-9,12,14-15H,10-11H2,1H3,(H,25,26). The SMILES string of the molecule is COc1ccccc1C1CN(C(=O)c2cn3ccccc3n2)CC1C(=O)O. The van der Waals surface area contributed by atoms with Crippen molar-refractivity contribution in [1.29, 1.82) is 0 Å². The third-order valence-corrected chi connectivity index (χ3v) is 5.05. The Morgan fingerprint density at radius 1 is 1.15 bits per heavy atom. The molecule has 1 saturated heterocycles. The average molecular weight is 365 g/mol. The number of nitrogens with zero attached hydrogens (tertiary/aromatic N) is 3. The minimum atomic E-state index is -0.920. The Labute approximate surface area is 155 Å². The number of imidazole rings is 1. The number of aliphatic carboxylic acids is 1. The summed E-state index contributed by atoms with van der Waals surface area (Å²) in [6, 6.07) is 12.9. The lowest BCUT2D eigenvalue weighted by Gasteiger charge is -2.18. The van der Waals surface area contributed by atoms with E-state index in [1.807, 2.05) is 42.6 Å². The molecule has 2 atom stereocenters. The number of hydrogen-bond acceptors (Lipinski definition) is 4. The number of benzene rings is 1. The maximum atomic E-state index is 12.9. The summed E-state index contributed by atoms with van der Waals surface area (Å²) in [5.41, 5.74) is 1.79. The molecule has 0 saturated carbocycles. The van der Waals surface area contributed by atoms with Crippen molar-refractivity contribution in [1.82, 2.24) is 14.3 Å². The van der Waals surface area contributed by atoms with Crippen molar-refractivity contribution < 1.29 is 19.4 Å². The van der Waals surface area contributed by atoms with Gasteiger partial charge < -0.3 is 19.1 Å². The molecular weight excluding hydrogens is 346 g/mol. The van der Waals surface area contributed by atoms with Crippen LogP contribution in [0.3, 0.4) is 0 Å². The topological polar surface area (TPSA) is 84.1 Å². The zero-order chi connectivity index (χ0) is 19.0. The monoisotopic (exact) mass is 365 g/mol. The third-order valence-electron chi connectivity index (χ3n) is 5.05. The van der Waals surface area contributed by atoms with E-state index in [9.17, 15) is 14.7 Å². The molecule has 7 nitrogen and oxygen atoms in total. The van der Waals surface area contributed by atoms with Crippen LogP contribution in [0, 0.1) is 5.92 Å². The number of carboxylic acids is 1. The van der Waals surface area contributed by atoms with Gasteiger partial charge in [0.15, 0.2) is 0 Å². The maximum absolute atomic E-state index is 12.9. The molecule has 0 spiro atoms. The predicted octanol–water partition coefficient (Wildman–Crippen LogP) is 2.28. The van der Waals surface area contributed by atoms with Gasteiger partial charge in [0.05, 0.1) is 13.0 Å². The fourth-order valence-corrected chi connectivity index (χ4v) is 3.71. The first kappa shape index (κ1) is 17.1. The highest BCUT2D eigenvalue weighted by Crippen LogP contribution is 2.38. The van der Waals surface area contributed by atoms with E-state index in [2.05, 4.69) is 4.98 Å². The van der Waals surface area contributed by atoms with Crippen LogP contribution in [0.4, 0.5) is 0 Å². The van der Waals surface area contributed by atoms with Gasteiger partial charge in [0.25, 0.3) is 5.91 Å². The van der Waals surface area contributed by atoms with Crippen LogP contribution >= 0.6 is 0 Å². The molecule has 2 unspecified atom stereocenters. The van der Waals surface area contributed by atoms with E-state index in [4.69, 9.17) is 4.74 Å². The van der Waals surface area contributed by atoms with Gasteiger partial charge in [0.2, 0.25) is 0 Å². The molecule has 0 bridgehead atoms. The van der Waals surface area contributed by atoms with Crippen LogP contribution in [0.15, 0.2) is 54.9 Å². The summed E-state index contributed by atoms with van der Waals surface area (Å²) in [5.74, 6) is -1.57. The number of aromatic nitrogens is 2. The Bertz CT molecular complexity index is 980. The zero-order valence-corrected chi connectivity index (χ0v) is 14.8. The number of likely N-dealkylation sites (tertiary alicyclic amines) is 1. The molecule has 2 aromatic heterocycles. The normalized spacial score (nSPS) is 19.4. The number of para-hydroxylation sites is 1. The average Bonchev–Trinajstić information content (AvgIpc) is 3.32. The molecular formula is C20H19N3O4. The van der Waals surface area contributed by atoms with E-state index >= 15 is 0 Å². The van der Waals surface area contributed by atoms with E-state index in [0.717, 1.165) is 5.56 Å².